The van der Waals surface area contributed by atoms with Gasteiger partial charge in [-0.05, 0) is 36.5 Å². The Morgan fingerprint density at radius 3 is 2.40 bits per heavy atom. The minimum atomic E-state index is -0.761. The van der Waals surface area contributed by atoms with Crippen molar-refractivity contribution in [3.05, 3.63) is 29.8 Å². The number of amides is 1. The summed E-state index contributed by atoms with van der Waals surface area (Å²) in [5.74, 6) is 0.306. The Morgan fingerprint density at radius 1 is 1.35 bits per heavy atom. The quantitative estimate of drug-likeness (QED) is 0.783. The molecule has 1 rings (SSSR count). The predicted octanol–water partition coefficient (Wildman–Crippen LogP) is 3.84. The summed E-state index contributed by atoms with van der Waals surface area (Å²) >= 11 is 5.10. The standard InChI is InChI=1S/C16H24N2OS/c1-5-16(6-2,14(17)20)15(19)18-13-9-7-8-12(10-13)11(3)4/h7-11H,5-6H2,1-4H3,(H2,17,20)(H,18,19). The maximum absolute atomic E-state index is 12.5. The second kappa shape index (κ2) is 6.84. The van der Waals surface area contributed by atoms with E-state index in [1.165, 1.54) is 5.56 Å². The number of thiocarbonyl (C=S) groups is 1. The summed E-state index contributed by atoms with van der Waals surface area (Å²) in [6, 6.07) is 7.89. The molecule has 1 aromatic rings. The molecule has 0 unspecified atom stereocenters. The molecule has 20 heavy (non-hydrogen) atoms. The van der Waals surface area contributed by atoms with Crippen LogP contribution in [0.2, 0.25) is 0 Å². The number of hydrogen-bond donors (Lipinski definition) is 2. The molecule has 0 saturated carbocycles. The number of nitrogens with two attached hydrogens (primary N) is 1. The Labute approximate surface area is 126 Å². The third kappa shape index (κ3) is 3.37. The Balaban J connectivity index is 3.00. The zero-order chi connectivity index (χ0) is 15.3. The molecule has 3 nitrogen and oxygen atoms in total. The SMILES string of the molecule is CCC(CC)(C(=O)Nc1cccc(C(C)C)c1)C(N)=S. The third-order valence-electron chi connectivity index (χ3n) is 3.92. The highest BCUT2D eigenvalue weighted by atomic mass is 32.1. The topological polar surface area (TPSA) is 55.1 Å². The molecular formula is C16H24N2OS. The van der Waals surface area contributed by atoms with Gasteiger partial charge in [-0.15, -0.1) is 0 Å². The fourth-order valence-electron chi connectivity index (χ4n) is 2.26. The van der Waals surface area contributed by atoms with Crippen molar-refractivity contribution in [3.8, 4) is 0 Å². The van der Waals surface area contributed by atoms with Gasteiger partial charge in [-0.2, -0.15) is 0 Å². The minimum absolute atomic E-state index is 0.115. The van der Waals surface area contributed by atoms with E-state index in [1.54, 1.807) is 0 Å². The van der Waals surface area contributed by atoms with Crippen LogP contribution in [0.5, 0.6) is 0 Å². The van der Waals surface area contributed by atoms with Crippen LogP contribution in [0.3, 0.4) is 0 Å². The largest absolute Gasteiger partial charge is 0.392 e. The number of carbonyl (C=O) groups excluding carboxylic acids is 1. The van der Waals surface area contributed by atoms with Gasteiger partial charge in [0, 0.05) is 5.69 Å². The van der Waals surface area contributed by atoms with Crippen molar-refractivity contribution in [1.29, 1.82) is 0 Å². The van der Waals surface area contributed by atoms with E-state index < -0.39 is 5.41 Å². The fourth-order valence-corrected chi connectivity index (χ4v) is 2.64. The first-order valence-electron chi connectivity index (χ1n) is 7.08. The third-order valence-corrected chi connectivity index (χ3v) is 4.32. The number of carbonyl (C=O) groups is 1. The van der Waals surface area contributed by atoms with Crippen molar-refractivity contribution in [2.24, 2.45) is 11.1 Å². The first kappa shape index (κ1) is 16.6. The minimum Gasteiger partial charge on any atom is -0.392 e. The monoisotopic (exact) mass is 292 g/mol. The number of rotatable bonds is 6. The highest BCUT2D eigenvalue weighted by Crippen LogP contribution is 2.29. The van der Waals surface area contributed by atoms with Crippen LogP contribution in [0.1, 0.15) is 52.0 Å². The summed E-state index contributed by atoms with van der Waals surface area (Å²) in [6.45, 7) is 8.12. The Morgan fingerprint density at radius 2 is 1.95 bits per heavy atom. The maximum atomic E-state index is 12.5. The molecule has 0 aliphatic heterocycles. The highest BCUT2D eigenvalue weighted by molar-refractivity contribution is 7.80. The Hall–Kier alpha value is -1.42. The van der Waals surface area contributed by atoms with Gasteiger partial charge in [-0.1, -0.05) is 52.0 Å². The van der Waals surface area contributed by atoms with E-state index in [2.05, 4.69) is 25.2 Å². The number of anilines is 1. The zero-order valence-corrected chi connectivity index (χ0v) is 13.5. The molecule has 0 radical (unpaired) electrons. The summed E-state index contributed by atoms with van der Waals surface area (Å²) in [7, 11) is 0. The van der Waals surface area contributed by atoms with Crippen molar-refractivity contribution in [1.82, 2.24) is 0 Å². The van der Waals surface area contributed by atoms with Gasteiger partial charge in [0.25, 0.3) is 0 Å². The molecular weight excluding hydrogens is 268 g/mol. The average Bonchev–Trinajstić information content (AvgIpc) is 2.40. The van der Waals surface area contributed by atoms with E-state index >= 15 is 0 Å². The predicted molar refractivity (Wildman–Crippen MR) is 89.0 cm³/mol. The molecule has 3 N–H and O–H groups in total. The van der Waals surface area contributed by atoms with Crippen molar-refractivity contribution in [3.63, 3.8) is 0 Å². The van der Waals surface area contributed by atoms with Crippen molar-refractivity contribution in [2.75, 3.05) is 5.32 Å². The maximum Gasteiger partial charge on any atom is 0.237 e. The molecule has 0 aliphatic carbocycles. The Bertz CT molecular complexity index is 493. The van der Waals surface area contributed by atoms with Crippen LogP contribution in [0, 0.1) is 5.41 Å². The lowest BCUT2D eigenvalue weighted by atomic mass is 9.81. The van der Waals surface area contributed by atoms with Crippen LogP contribution in [-0.2, 0) is 4.79 Å². The highest BCUT2D eigenvalue weighted by Gasteiger charge is 2.38. The molecule has 0 aliphatic rings. The molecule has 0 spiro atoms. The molecule has 0 fully saturated rings. The summed E-state index contributed by atoms with van der Waals surface area (Å²) in [6.07, 6.45) is 1.21. The number of benzene rings is 1. The normalized spacial score (nSPS) is 11.4. The molecule has 0 saturated heterocycles. The van der Waals surface area contributed by atoms with E-state index in [1.807, 2.05) is 32.0 Å². The van der Waals surface area contributed by atoms with Crippen LogP contribution in [0.4, 0.5) is 5.69 Å². The van der Waals surface area contributed by atoms with Crippen LogP contribution >= 0.6 is 12.2 Å². The molecule has 0 bridgehead atoms. The summed E-state index contributed by atoms with van der Waals surface area (Å²) in [5, 5.41) is 2.95. The summed E-state index contributed by atoms with van der Waals surface area (Å²) in [4.78, 5) is 12.8. The van der Waals surface area contributed by atoms with E-state index in [0.717, 1.165) is 5.69 Å². The van der Waals surface area contributed by atoms with Gasteiger partial charge in [0.05, 0.1) is 10.4 Å². The van der Waals surface area contributed by atoms with Crippen molar-refractivity contribution >= 4 is 28.8 Å². The van der Waals surface area contributed by atoms with Crippen molar-refractivity contribution in [2.45, 2.75) is 46.5 Å². The van der Waals surface area contributed by atoms with E-state index in [9.17, 15) is 4.79 Å². The molecule has 0 aromatic heterocycles. The Kier molecular flexibility index (Phi) is 5.69. The lowest BCUT2D eigenvalue weighted by molar-refractivity contribution is -0.122. The van der Waals surface area contributed by atoms with Gasteiger partial charge in [0.1, 0.15) is 0 Å². The van der Waals surface area contributed by atoms with Crippen molar-refractivity contribution < 1.29 is 4.79 Å². The molecule has 4 heteroatoms. The van der Waals surface area contributed by atoms with Crippen LogP contribution in [-0.4, -0.2) is 10.9 Å². The molecule has 1 aromatic carbocycles. The van der Waals surface area contributed by atoms with Crippen LogP contribution in [0.25, 0.3) is 0 Å². The first-order chi connectivity index (χ1) is 9.37. The van der Waals surface area contributed by atoms with Gasteiger partial charge < -0.3 is 11.1 Å². The molecule has 110 valence electrons. The molecule has 1 amide bonds. The van der Waals surface area contributed by atoms with Crippen LogP contribution in [0.15, 0.2) is 24.3 Å². The average molecular weight is 292 g/mol. The van der Waals surface area contributed by atoms with E-state index in [-0.39, 0.29) is 10.9 Å². The van der Waals surface area contributed by atoms with Gasteiger partial charge in [-0.3, -0.25) is 4.79 Å². The van der Waals surface area contributed by atoms with E-state index in [4.69, 9.17) is 18.0 Å². The fraction of sp³-hybridized carbons (Fsp3) is 0.500. The summed E-state index contributed by atoms with van der Waals surface area (Å²) in [5.41, 5.74) is 7.02. The lowest BCUT2D eigenvalue weighted by Gasteiger charge is -2.29. The molecule has 0 heterocycles. The van der Waals surface area contributed by atoms with Gasteiger partial charge in [-0.25, -0.2) is 0 Å². The van der Waals surface area contributed by atoms with E-state index in [0.29, 0.717) is 18.8 Å². The number of nitrogens with one attached hydrogen (secondary N) is 1. The second-order valence-electron chi connectivity index (χ2n) is 5.39. The second-order valence-corrected chi connectivity index (χ2v) is 5.83. The number of hydrogen-bond acceptors (Lipinski definition) is 2. The first-order valence-corrected chi connectivity index (χ1v) is 7.49. The zero-order valence-electron chi connectivity index (χ0n) is 12.7. The smallest absolute Gasteiger partial charge is 0.237 e. The van der Waals surface area contributed by atoms with Gasteiger partial charge in [0.15, 0.2) is 0 Å². The molecule has 0 atom stereocenters. The van der Waals surface area contributed by atoms with Gasteiger partial charge in [0.2, 0.25) is 5.91 Å². The van der Waals surface area contributed by atoms with Crippen LogP contribution < -0.4 is 11.1 Å². The van der Waals surface area contributed by atoms with Gasteiger partial charge >= 0.3 is 0 Å². The summed E-state index contributed by atoms with van der Waals surface area (Å²) < 4.78 is 0. The lowest BCUT2D eigenvalue weighted by Crippen LogP contribution is -2.45.